The van der Waals surface area contributed by atoms with E-state index in [0.717, 1.165) is 25.9 Å². The molecule has 0 radical (unpaired) electrons. The lowest BCUT2D eigenvalue weighted by atomic mass is 9.74. The van der Waals surface area contributed by atoms with E-state index >= 15 is 0 Å². The Morgan fingerprint density at radius 1 is 1.26 bits per heavy atom. The molecule has 3 nitrogen and oxygen atoms in total. The number of aromatic amines is 1. The molecular weight excluding hydrogens is 284 g/mol. The number of nitrogens with one attached hydrogen (secondary N) is 1. The van der Waals surface area contributed by atoms with E-state index in [1.807, 2.05) is 0 Å². The van der Waals surface area contributed by atoms with Crippen molar-refractivity contribution in [2.24, 2.45) is 5.41 Å². The van der Waals surface area contributed by atoms with E-state index < -0.39 is 0 Å². The van der Waals surface area contributed by atoms with Crippen LogP contribution in [0.2, 0.25) is 0 Å². The number of benzene rings is 1. The Kier molecular flexibility index (Phi) is 3.54. The number of aliphatic hydroxyl groups excluding tert-OH is 1. The highest BCUT2D eigenvalue weighted by atomic mass is 16.3. The second kappa shape index (κ2) is 5.35. The molecule has 3 heterocycles. The van der Waals surface area contributed by atoms with Crippen molar-refractivity contribution >= 4 is 10.9 Å². The molecule has 1 fully saturated rings. The van der Waals surface area contributed by atoms with E-state index in [4.69, 9.17) is 0 Å². The number of aliphatic hydroxyl groups is 1. The van der Waals surface area contributed by atoms with Gasteiger partial charge in [0, 0.05) is 29.7 Å². The molecule has 2 aromatic rings. The molecule has 0 unspecified atom stereocenters. The van der Waals surface area contributed by atoms with Gasteiger partial charge in [0.2, 0.25) is 0 Å². The molecule has 2 aliphatic rings. The van der Waals surface area contributed by atoms with Gasteiger partial charge in [0.1, 0.15) is 0 Å². The molecule has 0 amide bonds. The highest BCUT2D eigenvalue weighted by Crippen LogP contribution is 2.54. The highest BCUT2D eigenvalue weighted by molar-refractivity contribution is 5.85. The van der Waals surface area contributed by atoms with Crippen LogP contribution < -0.4 is 0 Å². The average molecular weight is 312 g/mol. The van der Waals surface area contributed by atoms with Crippen LogP contribution in [0.15, 0.2) is 24.3 Å². The number of nitrogens with zero attached hydrogens (tertiary/aromatic N) is 1. The van der Waals surface area contributed by atoms with Gasteiger partial charge in [0.05, 0.1) is 12.1 Å². The van der Waals surface area contributed by atoms with Gasteiger partial charge in [-0.1, -0.05) is 38.5 Å². The monoisotopic (exact) mass is 312 g/mol. The van der Waals surface area contributed by atoms with Gasteiger partial charge in [-0.05, 0) is 42.7 Å². The van der Waals surface area contributed by atoms with Crippen molar-refractivity contribution in [3.63, 3.8) is 0 Å². The van der Waals surface area contributed by atoms with Crippen molar-refractivity contribution in [3.8, 4) is 0 Å². The summed E-state index contributed by atoms with van der Waals surface area (Å²) in [7, 11) is 0. The molecule has 2 N–H and O–H groups in total. The zero-order chi connectivity index (χ0) is 16.1. The van der Waals surface area contributed by atoms with Gasteiger partial charge in [-0.2, -0.15) is 0 Å². The summed E-state index contributed by atoms with van der Waals surface area (Å²) in [6.45, 7) is 7.03. The van der Waals surface area contributed by atoms with Crippen molar-refractivity contribution in [3.05, 3.63) is 35.5 Å². The molecule has 124 valence electrons. The third-order valence-electron chi connectivity index (χ3n) is 6.50. The van der Waals surface area contributed by atoms with Crippen LogP contribution in [0.5, 0.6) is 0 Å². The first-order valence-electron chi connectivity index (χ1n) is 9.14. The smallest absolute Gasteiger partial charge is 0.0854 e. The lowest BCUT2D eigenvalue weighted by Gasteiger charge is -2.41. The van der Waals surface area contributed by atoms with Crippen molar-refractivity contribution < 1.29 is 5.11 Å². The molecule has 0 aliphatic carbocycles. The van der Waals surface area contributed by atoms with Gasteiger partial charge in [-0.15, -0.1) is 0 Å². The fourth-order valence-corrected chi connectivity index (χ4v) is 5.33. The third-order valence-corrected chi connectivity index (χ3v) is 6.50. The molecule has 4 rings (SSSR count). The number of aromatic nitrogens is 1. The summed E-state index contributed by atoms with van der Waals surface area (Å²) in [6, 6.07) is 8.60. The first-order valence-corrected chi connectivity index (χ1v) is 9.14. The van der Waals surface area contributed by atoms with Crippen molar-refractivity contribution in [2.75, 3.05) is 19.7 Å². The predicted molar refractivity (Wildman–Crippen MR) is 94.6 cm³/mol. The Bertz CT molecular complexity index is 722. The zero-order valence-corrected chi connectivity index (χ0v) is 14.4. The Labute approximate surface area is 138 Å². The largest absolute Gasteiger partial charge is 0.394 e. The van der Waals surface area contributed by atoms with Crippen LogP contribution in [0.3, 0.4) is 0 Å². The number of fused-ring (bicyclic) bond motifs is 5. The van der Waals surface area contributed by atoms with Gasteiger partial charge in [0.15, 0.2) is 0 Å². The van der Waals surface area contributed by atoms with E-state index in [1.165, 1.54) is 41.4 Å². The summed E-state index contributed by atoms with van der Waals surface area (Å²) in [5.74, 6) is 0. The fourth-order valence-electron chi connectivity index (χ4n) is 5.33. The highest BCUT2D eigenvalue weighted by Gasteiger charge is 2.55. The molecule has 23 heavy (non-hydrogen) atoms. The third kappa shape index (κ3) is 2.03. The molecule has 0 saturated carbocycles. The first-order chi connectivity index (χ1) is 11.2. The summed E-state index contributed by atoms with van der Waals surface area (Å²) >= 11 is 0. The second-order valence-corrected chi connectivity index (χ2v) is 7.67. The molecule has 2 atom stereocenters. The molecule has 1 aromatic carbocycles. The van der Waals surface area contributed by atoms with Gasteiger partial charge in [0.25, 0.3) is 0 Å². The fraction of sp³-hybridized carbons (Fsp3) is 0.600. The molecule has 0 bridgehead atoms. The van der Waals surface area contributed by atoms with Crippen LogP contribution in [0.25, 0.3) is 10.9 Å². The molecule has 1 aromatic heterocycles. The predicted octanol–water partition coefficient (Wildman–Crippen LogP) is 3.81. The van der Waals surface area contributed by atoms with Crippen LogP contribution >= 0.6 is 0 Å². The van der Waals surface area contributed by atoms with Crippen molar-refractivity contribution in [1.29, 1.82) is 0 Å². The van der Waals surface area contributed by atoms with Gasteiger partial charge >= 0.3 is 0 Å². The van der Waals surface area contributed by atoms with Crippen molar-refractivity contribution in [1.82, 2.24) is 9.88 Å². The summed E-state index contributed by atoms with van der Waals surface area (Å²) in [5.41, 5.74) is 4.11. The summed E-state index contributed by atoms with van der Waals surface area (Å²) < 4.78 is 0. The molecule has 1 saturated heterocycles. The lowest BCUT2D eigenvalue weighted by Crippen LogP contribution is -2.48. The molecular formula is C20H28N2O. The normalized spacial score (nSPS) is 30.6. The second-order valence-electron chi connectivity index (χ2n) is 7.67. The number of para-hydroxylation sites is 1. The van der Waals surface area contributed by atoms with E-state index in [0.29, 0.717) is 5.41 Å². The Balaban J connectivity index is 1.86. The molecule has 2 aliphatic heterocycles. The summed E-state index contributed by atoms with van der Waals surface area (Å²) in [6.07, 6.45) is 5.86. The van der Waals surface area contributed by atoms with Crippen LogP contribution in [-0.2, 0) is 12.0 Å². The zero-order valence-electron chi connectivity index (χ0n) is 14.4. The molecule has 0 spiro atoms. The van der Waals surface area contributed by atoms with Crippen LogP contribution in [0, 0.1) is 5.41 Å². The van der Waals surface area contributed by atoms with E-state index in [9.17, 15) is 5.11 Å². The van der Waals surface area contributed by atoms with Crippen LogP contribution in [0.1, 0.15) is 50.8 Å². The minimum atomic E-state index is -0.197. The van der Waals surface area contributed by atoms with E-state index in [-0.39, 0.29) is 12.1 Å². The Hall–Kier alpha value is -1.32. The van der Waals surface area contributed by atoms with E-state index in [1.54, 1.807) is 0 Å². The quantitative estimate of drug-likeness (QED) is 0.901. The van der Waals surface area contributed by atoms with Crippen LogP contribution in [-0.4, -0.2) is 34.7 Å². The minimum absolute atomic E-state index is 0.197. The Morgan fingerprint density at radius 2 is 2.09 bits per heavy atom. The maximum absolute atomic E-state index is 10.5. The minimum Gasteiger partial charge on any atom is -0.394 e. The van der Waals surface area contributed by atoms with Crippen molar-refractivity contribution in [2.45, 2.75) is 51.5 Å². The first kappa shape index (κ1) is 15.2. The number of rotatable bonds is 4. The van der Waals surface area contributed by atoms with Gasteiger partial charge < -0.3 is 10.1 Å². The average Bonchev–Trinajstić information content (AvgIpc) is 3.11. The SMILES string of the molecule is CCC[C@]1(CC)CN2CCc3c([nH]c4ccccc34)[C@@]2(CO)C1. The summed E-state index contributed by atoms with van der Waals surface area (Å²) in [5, 5.41) is 11.8. The maximum atomic E-state index is 10.5. The summed E-state index contributed by atoms with van der Waals surface area (Å²) in [4.78, 5) is 6.25. The standard InChI is InChI=1S/C20H28N2O/c1-3-10-19(4-2)12-20(14-23)18-16(9-11-22(20)13-19)15-7-5-6-8-17(15)21-18/h5-8,21,23H,3-4,9-14H2,1-2H3/t19-,20-/m0/s1. The molecule has 3 heteroatoms. The topological polar surface area (TPSA) is 39.3 Å². The number of hydrogen-bond acceptors (Lipinski definition) is 2. The van der Waals surface area contributed by atoms with Gasteiger partial charge in [-0.3, -0.25) is 4.90 Å². The Morgan fingerprint density at radius 3 is 2.83 bits per heavy atom. The lowest BCUT2D eigenvalue weighted by molar-refractivity contribution is 0.0501. The number of hydrogen-bond donors (Lipinski definition) is 2. The number of H-pyrrole nitrogens is 1. The van der Waals surface area contributed by atoms with Crippen LogP contribution in [0.4, 0.5) is 0 Å². The van der Waals surface area contributed by atoms with E-state index in [2.05, 4.69) is 48.0 Å². The maximum Gasteiger partial charge on any atom is 0.0854 e. The van der Waals surface area contributed by atoms with Gasteiger partial charge in [-0.25, -0.2) is 0 Å².